The Hall–Kier alpha value is -2.54. The zero-order valence-corrected chi connectivity index (χ0v) is 9.95. The quantitative estimate of drug-likeness (QED) is 0.641. The molecule has 7 nitrogen and oxygen atoms in total. The summed E-state index contributed by atoms with van der Waals surface area (Å²) in [6, 6.07) is 9.12. The second kappa shape index (κ2) is 7.72. The van der Waals surface area contributed by atoms with E-state index in [1.807, 2.05) is 18.2 Å². The first-order valence-electron chi connectivity index (χ1n) is 5.41. The summed E-state index contributed by atoms with van der Waals surface area (Å²) < 4.78 is 4.22. The number of hydrogen-bond acceptors (Lipinski definition) is 5. The molecule has 0 aliphatic rings. The van der Waals surface area contributed by atoms with Crippen LogP contribution in [0.4, 0.5) is 5.69 Å². The van der Waals surface area contributed by atoms with Crippen LogP contribution in [-0.2, 0) is 4.79 Å². The first-order valence-corrected chi connectivity index (χ1v) is 5.41. The molecular weight excluding hydrogens is 252 g/mol. The highest BCUT2D eigenvalue weighted by atomic mass is 16.4. The number of H-pyrrole nitrogens is 1. The van der Waals surface area contributed by atoms with Gasteiger partial charge < -0.3 is 19.9 Å². The van der Waals surface area contributed by atoms with Crippen LogP contribution >= 0.6 is 0 Å². The van der Waals surface area contributed by atoms with E-state index < -0.39 is 17.8 Å². The number of aromatic nitrogens is 1. The fraction of sp³-hybridized carbons (Fsp3) is 0.167. The third kappa shape index (κ3) is 6.08. The minimum absolute atomic E-state index is 0.0132. The van der Waals surface area contributed by atoms with Gasteiger partial charge in [-0.15, -0.1) is 0 Å². The molecule has 0 saturated heterocycles. The summed E-state index contributed by atoms with van der Waals surface area (Å²) in [7, 11) is 0. The van der Waals surface area contributed by atoms with E-state index in [2.05, 4.69) is 14.7 Å². The highest BCUT2D eigenvalue weighted by molar-refractivity contribution is 5.72. The van der Waals surface area contributed by atoms with Gasteiger partial charge in [0.1, 0.15) is 6.26 Å². The zero-order chi connectivity index (χ0) is 14.1. The van der Waals surface area contributed by atoms with Gasteiger partial charge in [0.15, 0.2) is 6.10 Å². The number of benzene rings is 1. The van der Waals surface area contributed by atoms with Crippen molar-refractivity contribution in [3.63, 3.8) is 0 Å². The number of aliphatic hydroxyl groups excluding tert-OH is 1. The molecule has 1 heterocycles. The van der Waals surface area contributed by atoms with E-state index in [0.29, 0.717) is 0 Å². The Morgan fingerprint density at radius 3 is 2.47 bits per heavy atom. The largest absolute Gasteiger partial charge is 0.479 e. The lowest BCUT2D eigenvalue weighted by molar-refractivity contribution is -0.145. The average molecular weight is 266 g/mol. The van der Waals surface area contributed by atoms with Gasteiger partial charge in [-0.05, 0) is 12.1 Å². The van der Waals surface area contributed by atoms with Crippen molar-refractivity contribution in [3.8, 4) is 0 Å². The molecule has 1 aromatic heterocycles. The van der Waals surface area contributed by atoms with Gasteiger partial charge in [0, 0.05) is 11.9 Å². The molecular formula is C12H14N2O5. The highest BCUT2D eigenvalue weighted by Gasteiger charge is 2.11. The second-order valence-electron chi connectivity index (χ2n) is 3.45. The van der Waals surface area contributed by atoms with Crippen LogP contribution in [0.15, 0.2) is 52.0 Å². The summed E-state index contributed by atoms with van der Waals surface area (Å²) in [6.45, 7) is 0.0132. The van der Waals surface area contributed by atoms with Crippen LogP contribution < -0.4 is 11.1 Å². The lowest BCUT2D eigenvalue weighted by Gasteiger charge is -2.08. The molecule has 0 aliphatic carbocycles. The molecule has 0 aliphatic heterocycles. The van der Waals surface area contributed by atoms with Crippen LogP contribution in [0, 0.1) is 0 Å². The van der Waals surface area contributed by atoms with Crippen molar-refractivity contribution >= 4 is 11.7 Å². The van der Waals surface area contributed by atoms with Crippen molar-refractivity contribution in [1.82, 2.24) is 4.98 Å². The molecule has 0 saturated carbocycles. The average Bonchev–Trinajstić information content (AvgIpc) is 2.89. The van der Waals surface area contributed by atoms with Gasteiger partial charge in [0.2, 0.25) is 0 Å². The molecule has 0 bridgehead atoms. The third-order valence-corrected chi connectivity index (χ3v) is 2.00. The van der Waals surface area contributed by atoms with E-state index in [9.17, 15) is 9.59 Å². The Morgan fingerprint density at radius 1 is 1.37 bits per heavy atom. The number of nitrogens with one attached hydrogen (secondary N) is 2. The molecule has 1 unspecified atom stereocenters. The maximum absolute atomic E-state index is 10.2. The molecule has 1 atom stereocenters. The number of oxazole rings is 1. The Kier molecular flexibility index (Phi) is 5.90. The number of aliphatic carboxylic acids is 1. The summed E-state index contributed by atoms with van der Waals surface area (Å²) in [6.07, 6.45) is 1.37. The molecule has 2 rings (SSSR count). The van der Waals surface area contributed by atoms with Crippen LogP contribution in [0.1, 0.15) is 0 Å². The number of anilines is 1. The maximum Gasteiger partial charge on any atom is 0.416 e. The van der Waals surface area contributed by atoms with E-state index in [4.69, 9.17) is 10.2 Å². The number of aromatic amines is 1. The number of rotatable bonds is 4. The molecule has 0 amide bonds. The Bertz CT molecular complexity index is 518. The normalized spacial score (nSPS) is 11.0. The molecule has 0 spiro atoms. The first kappa shape index (κ1) is 14.5. The topological polar surface area (TPSA) is 116 Å². The summed E-state index contributed by atoms with van der Waals surface area (Å²) in [5, 5.41) is 20.1. The van der Waals surface area contributed by atoms with E-state index >= 15 is 0 Å². The Labute approximate surface area is 108 Å². The van der Waals surface area contributed by atoms with E-state index in [1.165, 1.54) is 12.5 Å². The number of aliphatic hydroxyl groups is 1. The maximum atomic E-state index is 10.2. The van der Waals surface area contributed by atoms with Crippen LogP contribution in [-0.4, -0.2) is 33.8 Å². The zero-order valence-electron chi connectivity index (χ0n) is 9.95. The van der Waals surface area contributed by atoms with Crippen LogP contribution in [0.5, 0.6) is 0 Å². The summed E-state index contributed by atoms with van der Waals surface area (Å²) in [5.74, 6) is -1.63. The lowest BCUT2D eigenvalue weighted by Crippen LogP contribution is -2.28. The van der Waals surface area contributed by atoms with E-state index in [-0.39, 0.29) is 6.54 Å². The van der Waals surface area contributed by atoms with E-state index in [0.717, 1.165) is 5.69 Å². The van der Waals surface area contributed by atoms with Crippen molar-refractivity contribution < 1.29 is 19.4 Å². The Balaban J connectivity index is 0.000000250. The summed E-state index contributed by atoms with van der Waals surface area (Å²) in [5.41, 5.74) is 0.794. The van der Waals surface area contributed by atoms with Gasteiger partial charge in [0.25, 0.3) is 0 Å². The summed E-state index contributed by atoms with van der Waals surface area (Å²) in [4.78, 5) is 22.4. The number of carboxylic acids is 1. The lowest BCUT2D eigenvalue weighted by atomic mass is 10.3. The minimum atomic E-state index is -1.36. The van der Waals surface area contributed by atoms with Crippen LogP contribution in [0.2, 0.25) is 0 Å². The van der Waals surface area contributed by atoms with Crippen molar-refractivity contribution in [1.29, 1.82) is 0 Å². The van der Waals surface area contributed by atoms with Crippen molar-refractivity contribution in [2.45, 2.75) is 6.10 Å². The van der Waals surface area contributed by atoms with Crippen LogP contribution in [0.3, 0.4) is 0 Å². The predicted molar refractivity (Wildman–Crippen MR) is 67.9 cm³/mol. The highest BCUT2D eigenvalue weighted by Crippen LogP contribution is 2.04. The smallest absolute Gasteiger partial charge is 0.416 e. The van der Waals surface area contributed by atoms with Gasteiger partial charge >= 0.3 is 11.7 Å². The van der Waals surface area contributed by atoms with Crippen molar-refractivity contribution in [2.24, 2.45) is 0 Å². The molecule has 19 heavy (non-hydrogen) atoms. The second-order valence-corrected chi connectivity index (χ2v) is 3.45. The number of para-hydroxylation sites is 1. The standard InChI is InChI=1S/C9H11NO3.C3H3NO2/c11-8(9(12)13)6-10-7-4-2-1-3-5-7;5-3-4-1-2-6-3/h1-5,8,10-11H,6H2,(H,12,13);1-2H,(H,4,5). The molecule has 1 aromatic carbocycles. The van der Waals surface area contributed by atoms with Gasteiger partial charge in [-0.3, -0.25) is 4.98 Å². The molecule has 0 radical (unpaired) electrons. The fourth-order valence-corrected chi connectivity index (χ4v) is 1.09. The van der Waals surface area contributed by atoms with Crippen molar-refractivity contribution in [3.05, 3.63) is 53.3 Å². The van der Waals surface area contributed by atoms with Gasteiger partial charge in [-0.2, -0.15) is 0 Å². The predicted octanol–water partition coefficient (Wildman–Crippen LogP) is 0.512. The number of hydrogen-bond donors (Lipinski definition) is 4. The van der Waals surface area contributed by atoms with Gasteiger partial charge in [0.05, 0.1) is 6.54 Å². The summed E-state index contributed by atoms with van der Waals surface area (Å²) >= 11 is 0. The Morgan fingerprint density at radius 2 is 2.05 bits per heavy atom. The SMILES string of the molecule is O=C(O)C(O)CNc1ccccc1.O=c1[nH]cco1. The minimum Gasteiger partial charge on any atom is -0.479 e. The molecule has 102 valence electrons. The van der Waals surface area contributed by atoms with Crippen LogP contribution in [0.25, 0.3) is 0 Å². The molecule has 7 heteroatoms. The monoisotopic (exact) mass is 266 g/mol. The van der Waals surface area contributed by atoms with Gasteiger partial charge in [-0.25, -0.2) is 9.59 Å². The number of carbonyl (C=O) groups is 1. The van der Waals surface area contributed by atoms with Crippen molar-refractivity contribution in [2.75, 3.05) is 11.9 Å². The molecule has 0 fully saturated rings. The molecule has 2 aromatic rings. The number of carboxylic acid groups (broad SMARTS) is 1. The van der Waals surface area contributed by atoms with Gasteiger partial charge in [-0.1, -0.05) is 18.2 Å². The molecule has 4 N–H and O–H groups in total. The first-order chi connectivity index (χ1) is 9.09. The third-order valence-electron chi connectivity index (χ3n) is 2.00. The fourth-order valence-electron chi connectivity index (χ4n) is 1.09. The van der Waals surface area contributed by atoms with E-state index in [1.54, 1.807) is 12.1 Å².